The fourth-order valence-electron chi connectivity index (χ4n) is 4.28. The Kier molecular flexibility index (Phi) is 4.46. The molecule has 0 aliphatic heterocycles. The minimum atomic E-state index is -1.24. The van der Waals surface area contributed by atoms with E-state index in [1.807, 2.05) is 10.6 Å². The van der Waals surface area contributed by atoms with Gasteiger partial charge in [-0.25, -0.2) is 4.79 Å². The summed E-state index contributed by atoms with van der Waals surface area (Å²) in [6.07, 6.45) is 2.80. The zero-order valence-electron chi connectivity index (χ0n) is 16.3. The first kappa shape index (κ1) is 19.3. The third kappa shape index (κ3) is 2.86. The summed E-state index contributed by atoms with van der Waals surface area (Å²) in [7, 11) is 1.54. The molecule has 3 N–H and O–H groups in total. The van der Waals surface area contributed by atoms with E-state index < -0.39 is 23.6 Å². The summed E-state index contributed by atoms with van der Waals surface area (Å²) in [5.74, 6) is -0.722. The number of carbonyl (C=O) groups is 1. The number of carboxylic acid groups (broad SMARTS) is 1. The van der Waals surface area contributed by atoms with Crippen molar-refractivity contribution in [2.75, 3.05) is 7.11 Å². The lowest BCUT2D eigenvalue weighted by atomic mass is 9.93. The third-order valence-electron chi connectivity index (χ3n) is 5.98. The highest BCUT2D eigenvalue weighted by molar-refractivity contribution is 7.15. The number of hydrogen-bond acceptors (Lipinski definition) is 6. The van der Waals surface area contributed by atoms with E-state index in [9.17, 15) is 24.9 Å². The molecular formula is C22H21NO6S. The van der Waals surface area contributed by atoms with E-state index in [1.54, 1.807) is 23.5 Å². The molecule has 7 nitrogen and oxygen atoms in total. The van der Waals surface area contributed by atoms with Crippen LogP contribution in [-0.2, 0) is 6.42 Å². The molecule has 30 heavy (non-hydrogen) atoms. The third-order valence-corrected chi connectivity index (χ3v) is 7.22. The van der Waals surface area contributed by atoms with Gasteiger partial charge in [0.05, 0.1) is 24.1 Å². The minimum Gasteiger partial charge on any atom is -0.494 e. The zero-order chi connectivity index (χ0) is 21.2. The van der Waals surface area contributed by atoms with Gasteiger partial charge in [0.25, 0.3) is 0 Å². The van der Waals surface area contributed by atoms with Gasteiger partial charge < -0.3 is 24.6 Å². The van der Waals surface area contributed by atoms with Crippen LogP contribution in [0.5, 0.6) is 5.75 Å². The molecule has 0 amide bonds. The van der Waals surface area contributed by atoms with Crippen LogP contribution >= 0.6 is 11.3 Å². The predicted octanol–water partition coefficient (Wildman–Crippen LogP) is 3.11. The van der Waals surface area contributed by atoms with E-state index in [0.29, 0.717) is 29.5 Å². The fourth-order valence-corrected chi connectivity index (χ4v) is 5.52. The van der Waals surface area contributed by atoms with E-state index in [1.165, 1.54) is 13.3 Å². The number of aliphatic hydroxyl groups excluding tert-OH is 2. The van der Waals surface area contributed by atoms with Gasteiger partial charge in [-0.3, -0.25) is 4.79 Å². The van der Waals surface area contributed by atoms with Crippen molar-refractivity contribution in [3.8, 4) is 16.2 Å². The van der Waals surface area contributed by atoms with Crippen LogP contribution in [-0.4, -0.2) is 39.1 Å². The zero-order valence-corrected chi connectivity index (χ0v) is 17.1. The molecule has 2 aromatic heterocycles. The number of methoxy groups -OCH3 is 1. The predicted molar refractivity (Wildman–Crippen MR) is 113 cm³/mol. The number of aromatic carboxylic acids is 1. The summed E-state index contributed by atoms with van der Waals surface area (Å²) in [6, 6.07) is 5.45. The number of pyridine rings is 1. The second-order valence-corrected chi connectivity index (χ2v) is 9.03. The summed E-state index contributed by atoms with van der Waals surface area (Å²) >= 11 is 1.54. The topological polar surface area (TPSA) is 109 Å². The van der Waals surface area contributed by atoms with Gasteiger partial charge in [-0.1, -0.05) is 0 Å². The summed E-state index contributed by atoms with van der Waals surface area (Å²) in [5.41, 5.74) is 1.34. The molecular weight excluding hydrogens is 406 g/mol. The molecule has 5 rings (SSSR count). The van der Waals surface area contributed by atoms with Gasteiger partial charge in [0, 0.05) is 27.6 Å². The van der Waals surface area contributed by atoms with Crippen molar-refractivity contribution >= 4 is 28.2 Å². The van der Waals surface area contributed by atoms with Gasteiger partial charge in [-0.15, -0.1) is 11.3 Å². The molecule has 1 saturated carbocycles. The molecule has 0 saturated heterocycles. The van der Waals surface area contributed by atoms with E-state index in [2.05, 4.69) is 0 Å². The number of nitrogens with zero attached hydrogens (tertiary/aromatic N) is 1. The van der Waals surface area contributed by atoms with Crippen molar-refractivity contribution < 1.29 is 24.9 Å². The van der Waals surface area contributed by atoms with Crippen LogP contribution in [0.1, 0.15) is 52.2 Å². The number of fused-ring (bicyclic) bond motifs is 2. The van der Waals surface area contributed by atoms with Crippen molar-refractivity contribution in [1.29, 1.82) is 0 Å². The number of ether oxygens (including phenoxy) is 1. The standard InChI is InChI=1S/C22H21NO6S/c1-29-21-11(17-8-13-16(30-17)7-6-15(24)20(13)26)4-5-12-18(21)23(10-2-3-10)9-14(19(12)25)22(27)28/h4-5,8-10,15,20,24,26H,2-3,6-7H2,1H3,(H,27,28). The number of aromatic nitrogens is 1. The van der Waals surface area contributed by atoms with Crippen LogP contribution in [0, 0.1) is 0 Å². The first-order chi connectivity index (χ1) is 14.4. The van der Waals surface area contributed by atoms with Gasteiger partial charge >= 0.3 is 5.97 Å². The van der Waals surface area contributed by atoms with Gasteiger partial charge in [0.1, 0.15) is 11.7 Å². The molecule has 2 aliphatic rings. The molecule has 8 heteroatoms. The number of hydrogen-bond donors (Lipinski definition) is 3. The Morgan fingerprint density at radius 1 is 1.23 bits per heavy atom. The number of thiophene rings is 1. The molecule has 1 fully saturated rings. The number of aliphatic hydroxyl groups is 2. The number of carboxylic acids is 1. The largest absolute Gasteiger partial charge is 0.494 e. The SMILES string of the molecule is COc1c(-c2cc3c(s2)CCC(O)C3O)ccc2c(=O)c(C(=O)O)cn(C3CC3)c12. The highest BCUT2D eigenvalue weighted by Crippen LogP contribution is 2.46. The quantitative estimate of drug-likeness (QED) is 0.590. The Morgan fingerprint density at radius 3 is 2.67 bits per heavy atom. The molecule has 1 aromatic carbocycles. The maximum atomic E-state index is 12.8. The number of rotatable bonds is 4. The van der Waals surface area contributed by atoms with Crippen LogP contribution in [0.3, 0.4) is 0 Å². The fraction of sp³-hybridized carbons (Fsp3) is 0.364. The van der Waals surface area contributed by atoms with Crippen molar-refractivity contribution in [3.05, 3.63) is 50.6 Å². The van der Waals surface area contributed by atoms with Crippen LogP contribution < -0.4 is 10.2 Å². The summed E-state index contributed by atoms with van der Waals surface area (Å²) < 4.78 is 7.61. The molecule has 0 spiro atoms. The summed E-state index contributed by atoms with van der Waals surface area (Å²) in [4.78, 5) is 26.3. The highest BCUT2D eigenvalue weighted by Gasteiger charge is 2.31. The maximum absolute atomic E-state index is 12.8. The molecule has 2 atom stereocenters. The van der Waals surface area contributed by atoms with Crippen LogP contribution in [0.4, 0.5) is 0 Å². The normalized spacial score (nSPS) is 20.9. The maximum Gasteiger partial charge on any atom is 0.341 e. The molecule has 2 aliphatic carbocycles. The number of aryl methyl sites for hydroxylation is 1. The Hall–Kier alpha value is -2.68. The van der Waals surface area contributed by atoms with Crippen LogP contribution in [0.2, 0.25) is 0 Å². The second kappa shape index (κ2) is 6.94. The Balaban J connectivity index is 1.77. The van der Waals surface area contributed by atoms with Crippen LogP contribution in [0.25, 0.3) is 21.3 Å². The molecule has 156 valence electrons. The Bertz CT molecular complexity index is 1240. The smallest absolute Gasteiger partial charge is 0.341 e. The lowest BCUT2D eigenvalue weighted by molar-refractivity contribution is 0.00727. The van der Waals surface area contributed by atoms with Gasteiger partial charge in [-0.2, -0.15) is 0 Å². The highest BCUT2D eigenvalue weighted by atomic mass is 32.1. The summed E-state index contributed by atoms with van der Waals surface area (Å²) in [6.45, 7) is 0. The van der Waals surface area contributed by atoms with Crippen molar-refractivity contribution in [3.63, 3.8) is 0 Å². The van der Waals surface area contributed by atoms with Crippen molar-refractivity contribution in [2.24, 2.45) is 0 Å². The minimum absolute atomic E-state index is 0.142. The van der Waals surface area contributed by atoms with E-state index in [-0.39, 0.29) is 11.6 Å². The lowest BCUT2D eigenvalue weighted by Crippen LogP contribution is -2.23. The second-order valence-electron chi connectivity index (χ2n) is 7.90. The van der Waals surface area contributed by atoms with E-state index in [4.69, 9.17) is 4.74 Å². The molecule has 2 heterocycles. The van der Waals surface area contributed by atoms with Crippen molar-refractivity contribution in [1.82, 2.24) is 4.57 Å². The lowest BCUT2D eigenvalue weighted by Gasteiger charge is -2.23. The van der Waals surface area contributed by atoms with Crippen LogP contribution in [0.15, 0.2) is 29.2 Å². The van der Waals surface area contributed by atoms with Gasteiger partial charge in [0.2, 0.25) is 5.43 Å². The number of benzene rings is 1. The molecule has 2 unspecified atom stereocenters. The summed E-state index contributed by atoms with van der Waals surface area (Å²) in [5, 5.41) is 30.1. The van der Waals surface area contributed by atoms with Gasteiger partial charge in [-0.05, 0) is 49.4 Å². The molecule has 0 bridgehead atoms. The van der Waals surface area contributed by atoms with Crippen molar-refractivity contribution in [2.45, 2.75) is 43.9 Å². The van der Waals surface area contributed by atoms with Gasteiger partial charge in [0.15, 0.2) is 5.75 Å². The first-order valence-electron chi connectivity index (χ1n) is 9.89. The Morgan fingerprint density at radius 2 is 2.00 bits per heavy atom. The Labute approximate surface area is 175 Å². The first-order valence-corrected chi connectivity index (χ1v) is 10.7. The van der Waals surface area contributed by atoms with E-state index >= 15 is 0 Å². The average Bonchev–Trinajstić information content (AvgIpc) is 3.48. The average molecular weight is 427 g/mol. The molecule has 0 radical (unpaired) electrons. The molecule has 3 aromatic rings. The van der Waals surface area contributed by atoms with E-state index in [0.717, 1.165) is 33.7 Å². The monoisotopic (exact) mass is 427 g/mol.